The van der Waals surface area contributed by atoms with Gasteiger partial charge in [-0.25, -0.2) is 0 Å². The lowest BCUT2D eigenvalue weighted by Crippen LogP contribution is -2.44. The van der Waals surface area contributed by atoms with Gasteiger partial charge in [-0.2, -0.15) is 0 Å². The van der Waals surface area contributed by atoms with E-state index in [1.54, 1.807) is 0 Å². The highest BCUT2D eigenvalue weighted by Gasteiger charge is 2.58. The van der Waals surface area contributed by atoms with Crippen molar-refractivity contribution in [3.8, 4) is 0 Å². The largest absolute Gasteiger partial charge is 0.481 e. The highest BCUT2D eigenvalue weighted by molar-refractivity contribution is 5.73. The lowest BCUT2D eigenvalue weighted by molar-refractivity contribution is -0.147. The summed E-state index contributed by atoms with van der Waals surface area (Å²) >= 11 is 0. The van der Waals surface area contributed by atoms with Crippen molar-refractivity contribution in [1.82, 2.24) is 4.90 Å². The van der Waals surface area contributed by atoms with E-state index in [0.29, 0.717) is 12.0 Å². The average molecular weight is 167 g/mol. The lowest BCUT2D eigenvalue weighted by atomic mass is 9.74. The fourth-order valence-electron chi connectivity index (χ4n) is 2.85. The van der Waals surface area contributed by atoms with Crippen molar-refractivity contribution in [2.45, 2.75) is 31.3 Å². The summed E-state index contributed by atoms with van der Waals surface area (Å²) in [5.74, 6) is -0.113. The molecule has 4 rings (SSSR count). The first-order chi connectivity index (χ1) is 5.77. The Morgan fingerprint density at radius 3 is 2.67 bits per heavy atom. The number of nitrogens with zero attached hydrogens (tertiary/aromatic N) is 1. The molecule has 2 aliphatic carbocycles. The Balaban J connectivity index is 1.76. The third kappa shape index (κ3) is 0.724. The van der Waals surface area contributed by atoms with Crippen LogP contribution in [0.4, 0.5) is 0 Å². The molecule has 0 amide bonds. The Morgan fingerprint density at radius 1 is 1.42 bits per heavy atom. The van der Waals surface area contributed by atoms with Gasteiger partial charge in [-0.15, -0.1) is 0 Å². The highest BCUT2D eigenvalue weighted by atomic mass is 16.4. The maximum atomic E-state index is 10.8. The smallest absolute Gasteiger partial charge is 0.308 e. The van der Waals surface area contributed by atoms with E-state index in [4.69, 9.17) is 5.11 Å². The van der Waals surface area contributed by atoms with Crippen LogP contribution in [0, 0.1) is 11.8 Å². The van der Waals surface area contributed by atoms with Crippen LogP contribution in [0.15, 0.2) is 0 Å². The monoisotopic (exact) mass is 167 g/mol. The third-order valence-corrected chi connectivity index (χ3v) is 3.64. The first-order valence-corrected chi connectivity index (χ1v) is 4.76. The summed E-state index contributed by atoms with van der Waals surface area (Å²) in [5, 5.41) is 8.91. The summed E-state index contributed by atoms with van der Waals surface area (Å²) in [6.07, 6.45) is 3.75. The van der Waals surface area contributed by atoms with E-state index >= 15 is 0 Å². The van der Waals surface area contributed by atoms with Crippen molar-refractivity contribution in [2.24, 2.45) is 11.8 Å². The van der Waals surface area contributed by atoms with Crippen molar-refractivity contribution in [2.75, 3.05) is 6.54 Å². The zero-order chi connectivity index (χ0) is 8.29. The van der Waals surface area contributed by atoms with E-state index in [2.05, 4.69) is 4.90 Å². The molecule has 0 radical (unpaired) electrons. The molecule has 0 aromatic rings. The third-order valence-electron chi connectivity index (χ3n) is 3.64. The van der Waals surface area contributed by atoms with Crippen LogP contribution in [0.2, 0.25) is 0 Å². The van der Waals surface area contributed by atoms with Gasteiger partial charge in [0.2, 0.25) is 0 Å². The predicted molar refractivity (Wildman–Crippen MR) is 42.7 cm³/mol. The van der Waals surface area contributed by atoms with Crippen molar-refractivity contribution in [1.29, 1.82) is 0 Å². The Labute approximate surface area is 71.4 Å². The van der Waals surface area contributed by atoms with Crippen molar-refractivity contribution < 1.29 is 9.90 Å². The van der Waals surface area contributed by atoms with Gasteiger partial charge in [-0.1, -0.05) is 0 Å². The van der Waals surface area contributed by atoms with Gasteiger partial charge in [-0.3, -0.25) is 9.69 Å². The van der Waals surface area contributed by atoms with Crippen molar-refractivity contribution >= 4 is 5.97 Å². The van der Waals surface area contributed by atoms with Crippen LogP contribution in [0.25, 0.3) is 0 Å². The van der Waals surface area contributed by atoms with E-state index in [0.717, 1.165) is 19.0 Å². The molecule has 3 nitrogen and oxygen atoms in total. The molecule has 1 N–H and O–H groups in total. The molecular weight excluding hydrogens is 154 g/mol. The van der Waals surface area contributed by atoms with Gasteiger partial charge in [0, 0.05) is 18.6 Å². The number of rotatable bonds is 2. The zero-order valence-electron chi connectivity index (χ0n) is 6.94. The van der Waals surface area contributed by atoms with E-state index in [9.17, 15) is 4.79 Å². The molecule has 3 heteroatoms. The number of aliphatic carboxylic acids is 1. The molecule has 4 fully saturated rings. The first-order valence-electron chi connectivity index (χ1n) is 4.76. The highest BCUT2D eigenvalue weighted by Crippen LogP contribution is 2.50. The first kappa shape index (κ1) is 6.89. The van der Waals surface area contributed by atoms with Gasteiger partial charge in [0.15, 0.2) is 0 Å². The fourth-order valence-corrected chi connectivity index (χ4v) is 2.85. The summed E-state index contributed by atoms with van der Waals surface area (Å²) in [6, 6.07) is 1.16. The molecule has 2 saturated heterocycles. The standard InChI is InChI=1S/C9H13NO2/c11-9(12)8-5-3-7(8)10(4-5)6-1-2-6/h5-8H,1-4H2,(H,11,12). The minimum Gasteiger partial charge on any atom is -0.481 e. The second-order valence-corrected chi connectivity index (χ2v) is 4.36. The van der Waals surface area contributed by atoms with E-state index in [1.165, 1.54) is 12.8 Å². The quantitative estimate of drug-likeness (QED) is 0.653. The average Bonchev–Trinajstić information content (AvgIpc) is 2.60. The van der Waals surface area contributed by atoms with Gasteiger partial charge in [0.25, 0.3) is 0 Å². The SMILES string of the molecule is O=C(O)C1C2CC1N(C1CC1)C2. The van der Waals surface area contributed by atoms with Gasteiger partial charge in [0.05, 0.1) is 5.92 Å². The number of fused-ring (bicyclic) bond motifs is 1. The molecule has 4 aliphatic rings. The van der Waals surface area contributed by atoms with Gasteiger partial charge >= 0.3 is 5.97 Å². The maximum Gasteiger partial charge on any atom is 0.308 e. The predicted octanol–water partition coefficient (Wildman–Crippen LogP) is 0.554. The molecular formula is C9H13NO2. The van der Waals surface area contributed by atoms with Crippen LogP contribution >= 0.6 is 0 Å². The van der Waals surface area contributed by atoms with E-state index in [1.807, 2.05) is 0 Å². The van der Waals surface area contributed by atoms with E-state index in [-0.39, 0.29) is 5.92 Å². The summed E-state index contributed by atoms with van der Waals surface area (Å²) in [4.78, 5) is 13.2. The van der Waals surface area contributed by atoms with Gasteiger partial charge < -0.3 is 5.11 Å². The minimum absolute atomic E-state index is 0.0226. The second-order valence-electron chi connectivity index (χ2n) is 4.36. The fraction of sp³-hybridized carbons (Fsp3) is 0.889. The maximum absolute atomic E-state index is 10.8. The van der Waals surface area contributed by atoms with E-state index < -0.39 is 5.97 Å². The van der Waals surface area contributed by atoms with Crippen LogP contribution in [0.3, 0.4) is 0 Å². The molecule has 0 aromatic carbocycles. The molecule has 0 spiro atoms. The minimum atomic E-state index is -0.570. The number of hydrogen-bond donors (Lipinski definition) is 1. The second kappa shape index (κ2) is 2.02. The molecule has 3 unspecified atom stereocenters. The molecule has 3 atom stereocenters. The molecule has 0 aromatic heterocycles. The number of carboxylic acids is 1. The summed E-state index contributed by atoms with van der Waals surface area (Å²) < 4.78 is 0. The molecule has 12 heavy (non-hydrogen) atoms. The summed E-state index contributed by atoms with van der Waals surface area (Å²) in [5.41, 5.74) is 0. The molecule has 2 bridgehead atoms. The lowest BCUT2D eigenvalue weighted by Gasteiger charge is -2.33. The molecule has 66 valence electrons. The Hall–Kier alpha value is -0.570. The normalized spacial score (nSPS) is 45.8. The summed E-state index contributed by atoms with van der Waals surface area (Å²) in [7, 11) is 0. The van der Waals surface area contributed by atoms with Crippen LogP contribution in [-0.2, 0) is 4.79 Å². The van der Waals surface area contributed by atoms with Crippen LogP contribution in [-0.4, -0.2) is 34.6 Å². The Kier molecular flexibility index (Phi) is 1.16. The molecule has 2 saturated carbocycles. The van der Waals surface area contributed by atoms with Crippen molar-refractivity contribution in [3.05, 3.63) is 0 Å². The topological polar surface area (TPSA) is 40.5 Å². The zero-order valence-corrected chi connectivity index (χ0v) is 6.94. The van der Waals surface area contributed by atoms with Crippen molar-refractivity contribution in [3.63, 3.8) is 0 Å². The summed E-state index contributed by atoms with van der Waals surface area (Å²) in [6.45, 7) is 1.06. The number of carbonyl (C=O) groups is 1. The van der Waals surface area contributed by atoms with Gasteiger partial charge in [-0.05, 0) is 25.2 Å². The molecule has 2 aliphatic heterocycles. The Bertz CT molecular complexity index is 237. The van der Waals surface area contributed by atoms with Crippen LogP contribution in [0.5, 0.6) is 0 Å². The van der Waals surface area contributed by atoms with Crippen LogP contribution in [0.1, 0.15) is 19.3 Å². The molecule has 2 heterocycles. The van der Waals surface area contributed by atoms with Gasteiger partial charge in [0.1, 0.15) is 0 Å². The van der Waals surface area contributed by atoms with Crippen LogP contribution < -0.4 is 0 Å². The Morgan fingerprint density at radius 2 is 2.17 bits per heavy atom. The number of hydrogen-bond acceptors (Lipinski definition) is 2. The number of carboxylic acid groups (broad SMARTS) is 1.